The quantitative estimate of drug-likeness (QED) is 0.673. The fourth-order valence-corrected chi connectivity index (χ4v) is 2.49. The van der Waals surface area contributed by atoms with Crippen molar-refractivity contribution < 1.29 is 22.7 Å². The molecule has 2 rings (SSSR count). The normalized spacial score (nSPS) is 10.9. The minimum Gasteiger partial charge on any atom is -0.497 e. The highest BCUT2D eigenvalue weighted by molar-refractivity contribution is 7.98. The summed E-state index contributed by atoms with van der Waals surface area (Å²) in [6.45, 7) is 0.924. The topological polar surface area (TPSA) is 63.5 Å². The highest BCUT2D eigenvalue weighted by atomic mass is 32.2. The van der Waals surface area contributed by atoms with Crippen LogP contribution in [0.2, 0.25) is 0 Å². The molecule has 0 radical (unpaired) electrons. The Morgan fingerprint density at radius 3 is 2.56 bits per heavy atom. The van der Waals surface area contributed by atoms with E-state index in [-0.39, 0.29) is 18.2 Å². The maximum Gasteiger partial charge on any atom is 0.284 e. The third kappa shape index (κ3) is 7.15. The van der Waals surface area contributed by atoms with Crippen molar-refractivity contribution in [3.05, 3.63) is 53.5 Å². The molecule has 0 unspecified atom stereocenters. The number of nitrogens with one attached hydrogen (secondary N) is 2. The number of alkyl halides is 2. The van der Waals surface area contributed by atoms with Gasteiger partial charge >= 0.3 is 0 Å². The molecule has 2 N–H and O–H groups in total. The average Bonchev–Trinajstić information content (AvgIpc) is 3.06. The molecule has 0 aliphatic rings. The minimum atomic E-state index is -2.42. The zero-order chi connectivity index (χ0) is 18.1. The molecule has 1 aromatic heterocycles. The van der Waals surface area contributed by atoms with Crippen molar-refractivity contribution in [2.75, 3.05) is 13.7 Å². The molecule has 1 aromatic carbocycles. The fraction of sp³-hybridized carbons (Fsp3) is 0.353. The van der Waals surface area contributed by atoms with Crippen molar-refractivity contribution in [3.8, 4) is 5.75 Å². The molecule has 0 spiro atoms. The summed E-state index contributed by atoms with van der Waals surface area (Å²) >= 11 is 0.514. The molecule has 0 bridgehead atoms. The van der Waals surface area contributed by atoms with Crippen molar-refractivity contribution in [1.29, 1.82) is 0 Å². The van der Waals surface area contributed by atoms with Crippen molar-refractivity contribution in [2.45, 2.75) is 24.6 Å². The van der Waals surface area contributed by atoms with E-state index in [4.69, 9.17) is 9.15 Å². The first-order chi connectivity index (χ1) is 12.1. The van der Waals surface area contributed by atoms with E-state index in [9.17, 15) is 13.6 Å². The number of ether oxygens (including phenoxy) is 1. The highest BCUT2D eigenvalue weighted by Crippen LogP contribution is 2.21. The molecule has 0 atom stereocenters. The van der Waals surface area contributed by atoms with Gasteiger partial charge in [0.15, 0.2) is 0 Å². The van der Waals surface area contributed by atoms with Crippen LogP contribution in [0.5, 0.6) is 5.75 Å². The summed E-state index contributed by atoms with van der Waals surface area (Å²) in [4.78, 5) is 11.8. The number of furan rings is 1. The van der Waals surface area contributed by atoms with Crippen molar-refractivity contribution in [3.63, 3.8) is 0 Å². The number of hydrogen-bond acceptors (Lipinski definition) is 5. The van der Waals surface area contributed by atoms with Crippen LogP contribution in [0, 0.1) is 0 Å². The van der Waals surface area contributed by atoms with Crippen LogP contribution in [0.1, 0.15) is 17.1 Å². The van der Waals surface area contributed by atoms with Crippen molar-refractivity contribution in [2.24, 2.45) is 0 Å². The molecule has 8 heteroatoms. The Kier molecular flexibility index (Phi) is 7.75. The van der Waals surface area contributed by atoms with E-state index in [1.165, 1.54) is 0 Å². The molecular weight excluding hydrogens is 350 g/mol. The summed E-state index contributed by atoms with van der Waals surface area (Å²) in [5.74, 6) is -0.572. The van der Waals surface area contributed by atoms with E-state index in [0.29, 0.717) is 36.4 Å². The maximum atomic E-state index is 12.1. The van der Waals surface area contributed by atoms with Crippen LogP contribution in [-0.4, -0.2) is 25.3 Å². The van der Waals surface area contributed by atoms with Crippen LogP contribution in [0.4, 0.5) is 8.78 Å². The van der Waals surface area contributed by atoms with E-state index in [1.54, 1.807) is 19.2 Å². The van der Waals surface area contributed by atoms with Gasteiger partial charge in [0, 0.05) is 6.54 Å². The Hall–Kier alpha value is -2.06. The highest BCUT2D eigenvalue weighted by Gasteiger charge is 2.08. The lowest BCUT2D eigenvalue weighted by molar-refractivity contribution is -0.120. The first-order valence-corrected chi connectivity index (χ1v) is 8.69. The summed E-state index contributed by atoms with van der Waals surface area (Å²) in [5, 5.41) is 5.75. The average molecular weight is 370 g/mol. The van der Waals surface area contributed by atoms with E-state index in [0.717, 1.165) is 11.3 Å². The van der Waals surface area contributed by atoms with Crippen LogP contribution in [0.3, 0.4) is 0 Å². The number of rotatable bonds is 10. The summed E-state index contributed by atoms with van der Waals surface area (Å²) in [5.41, 5.74) is 0.973. The maximum absolute atomic E-state index is 12.1. The van der Waals surface area contributed by atoms with Gasteiger partial charge in [0.1, 0.15) is 17.3 Å². The van der Waals surface area contributed by atoms with Gasteiger partial charge in [0.25, 0.3) is 5.76 Å². The Bertz CT molecular complexity index is 662. The Morgan fingerprint density at radius 1 is 1.16 bits per heavy atom. The van der Waals surface area contributed by atoms with E-state index >= 15 is 0 Å². The van der Waals surface area contributed by atoms with Gasteiger partial charge in [-0.1, -0.05) is 23.9 Å². The Morgan fingerprint density at radius 2 is 1.88 bits per heavy atom. The number of thioether (sulfide) groups is 1. The van der Waals surface area contributed by atoms with Crippen LogP contribution < -0.4 is 15.4 Å². The zero-order valence-electron chi connectivity index (χ0n) is 13.8. The van der Waals surface area contributed by atoms with Gasteiger partial charge in [0.2, 0.25) is 5.91 Å². The number of benzene rings is 1. The molecule has 5 nitrogen and oxygen atoms in total. The molecule has 1 heterocycles. The number of methoxy groups -OCH3 is 1. The molecular formula is C17H20F2N2O3S. The lowest BCUT2D eigenvalue weighted by Gasteiger charge is -2.07. The second-order valence-electron chi connectivity index (χ2n) is 5.17. The summed E-state index contributed by atoms with van der Waals surface area (Å²) in [7, 11) is 1.60. The standard InChI is InChI=1S/C17H20F2N2O3S/c1-23-13-4-2-12(3-5-13)8-21-16(22)10-20-9-14-6-7-15(24-14)11-25-17(18)19/h2-7,17,20H,8-11H2,1H3,(H,21,22). The second kappa shape index (κ2) is 10.0. The van der Waals surface area contributed by atoms with Crippen LogP contribution in [0.25, 0.3) is 0 Å². The SMILES string of the molecule is COc1ccc(CNC(=O)CNCc2ccc(CSC(F)F)o2)cc1. The third-order valence-electron chi connectivity index (χ3n) is 3.30. The van der Waals surface area contributed by atoms with Crippen LogP contribution in [-0.2, 0) is 23.6 Å². The lowest BCUT2D eigenvalue weighted by Crippen LogP contribution is -2.33. The Balaban J connectivity index is 1.64. The van der Waals surface area contributed by atoms with Crippen LogP contribution >= 0.6 is 11.8 Å². The first-order valence-electron chi connectivity index (χ1n) is 7.64. The Labute approximate surface area is 149 Å². The first kappa shape index (κ1) is 19.3. The molecule has 0 aliphatic heterocycles. The number of amides is 1. The molecule has 1 amide bonds. The molecule has 0 fully saturated rings. The van der Waals surface area contributed by atoms with Crippen molar-refractivity contribution in [1.82, 2.24) is 10.6 Å². The summed E-state index contributed by atoms with van der Waals surface area (Å²) in [6, 6.07) is 10.8. The predicted molar refractivity (Wildman–Crippen MR) is 92.6 cm³/mol. The zero-order valence-corrected chi connectivity index (χ0v) is 14.6. The van der Waals surface area contributed by atoms with Crippen molar-refractivity contribution >= 4 is 17.7 Å². The van der Waals surface area contributed by atoms with E-state index in [1.807, 2.05) is 24.3 Å². The number of carbonyl (C=O) groups is 1. The van der Waals surface area contributed by atoms with Crippen LogP contribution in [0.15, 0.2) is 40.8 Å². The van der Waals surface area contributed by atoms with Gasteiger partial charge in [0.05, 0.1) is 26.0 Å². The second-order valence-corrected chi connectivity index (χ2v) is 6.15. The fourth-order valence-electron chi connectivity index (χ4n) is 2.05. The van der Waals surface area contributed by atoms with E-state index in [2.05, 4.69) is 10.6 Å². The predicted octanol–water partition coefficient (Wildman–Crippen LogP) is 3.15. The lowest BCUT2D eigenvalue weighted by atomic mass is 10.2. The number of carbonyl (C=O) groups excluding carboxylic acids is 1. The third-order valence-corrected chi connectivity index (χ3v) is 4.01. The monoisotopic (exact) mass is 370 g/mol. The number of halogens is 2. The van der Waals surface area contributed by atoms with Gasteiger partial charge in [-0.3, -0.25) is 4.79 Å². The van der Waals surface area contributed by atoms with E-state index < -0.39 is 5.76 Å². The van der Waals surface area contributed by atoms with Gasteiger partial charge in [-0.05, 0) is 29.8 Å². The van der Waals surface area contributed by atoms with Gasteiger partial charge in [-0.25, -0.2) is 0 Å². The molecule has 25 heavy (non-hydrogen) atoms. The van der Waals surface area contributed by atoms with Gasteiger partial charge < -0.3 is 19.8 Å². The molecule has 0 saturated carbocycles. The largest absolute Gasteiger partial charge is 0.497 e. The molecule has 0 saturated heterocycles. The number of hydrogen-bond donors (Lipinski definition) is 2. The smallest absolute Gasteiger partial charge is 0.284 e. The molecule has 136 valence electrons. The summed E-state index contributed by atoms with van der Waals surface area (Å²) < 4.78 is 34.7. The molecule has 0 aliphatic carbocycles. The van der Waals surface area contributed by atoms with Gasteiger partial charge in [-0.2, -0.15) is 8.78 Å². The summed E-state index contributed by atoms with van der Waals surface area (Å²) in [6.07, 6.45) is 0. The van der Waals surface area contributed by atoms with Gasteiger partial charge in [-0.15, -0.1) is 0 Å². The minimum absolute atomic E-state index is 0.125. The molecule has 2 aromatic rings.